The third-order valence-electron chi connectivity index (χ3n) is 3.00. The lowest BCUT2D eigenvalue weighted by molar-refractivity contribution is 0.102. The van der Waals surface area contributed by atoms with E-state index in [9.17, 15) is 26.0 Å². The summed E-state index contributed by atoms with van der Waals surface area (Å²) in [6.07, 6.45) is 1.03. The zero-order valence-corrected chi connectivity index (χ0v) is 14.0. The number of nitrogens with one attached hydrogen (secondary N) is 1. The van der Waals surface area contributed by atoms with Gasteiger partial charge in [0.05, 0.1) is 9.79 Å². The molecule has 0 saturated carbocycles. The molecular weight excluding hydrogens is 359 g/mol. The second-order valence-corrected chi connectivity index (χ2v) is 8.55. The SMILES string of the molecule is CS(=O)(=O)c1ccc(C(=O)Nc2cc(F)cc(S(N)(=O)=O)c2)cc1. The third kappa shape index (κ3) is 4.37. The van der Waals surface area contributed by atoms with Crippen LogP contribution in [0.4, 0.5) is 10.1 Å². The van der Waals surface area contributed by atoms with Crippen molar-refractivity contribution in [2.24, 2.45) is 5.14 Å². The molecule has 2 rings (SSSR count). The Hall–Kier alpha value is -2.30. The number of hydrogen-bond acceptors (Lipinski definition) is 5. The fourth-order valence-corrected chi connectivity index (χ4v) is 3.05. The number of nitrogens with two attached hydrogens (primary N) is 1. The van der Waals surface area contributed by atoms with E-state index in [-0.39, 0.29) is 16.1 Å². The maximum Gasteiger partial charge on any atom is 0.255 e. The summed E-state index contributed by atoms with van der Waals surface area (Å²) in [6.45, 7) is 0. The van der Waals surface area contributed by atoms with E-state index in [2.05, 4.69) is 5.32 Å². The van der Waals surface area contributed by atoms with Gasteiger partial charge in [0.2, 0.25) is 10.0 Å². The van der Waals surface area contributed by atoms with E-state index in [0.717, 1.165) is 24.5 Å². The maximum absolute atomic E-state index is 13.5. The molecule has 7 nitrogen and oxygen atoms in total. The maximum atomic E-state index is 13.5. The average molecular weight is 372 g/mol. The van der Waals surface area contributed by atoms with E-state index in [1.165, 1.54) is 24.3 Å². The summed E-state index contributed by atoms with van der Waals surface area (Å²) in [4.78, 5) is 11.6. The fourth-order valence-electron chi connectivity index (χ4n) is 1.86. The van der Waals surface area contributed by atoms with Crippen molar-refractivity contribution in [1.82, 2.24) is 0 Å². The molecule has 0 spiro atoms. The number of benzene rings is 2. The molecule has 0 bridgehead atoms. The van der Waals surface area contributed by atoms with Gasteiger partial charge in [0, 0.05) is 17.5 Å². The quantitative estimate of drug-likeness (QED) is 0.833. The first kappa shape index (κ1) is 18.0. The molecule has 0 fully saturated rings. The van der Waals surface area contributed by atoms with Crippen molar-refractivity contribution in [3.63, 3.8) is 0 Å². The molecule has 0 aliphatic carbocycles. The Morgan fingerprint density at radius 1 is 1.00 bits per heavy atom. The number of carbonyl (C=O) groups excluding carboxylic acids is 1. The molecule has 0 aromatic heterocycles. The minimum atomic E-state index is -4.13. The van der Waals surface area contributed by atoms with Crippen molar-refractivity contribution in [1.29, 1.82) is 0 Å². The van der Waals surface area contributed by atoms with Crippen LogP contribution in [0.1, 0.15) is 10.4 Å². The number of amides is 1. The highest BCUT2D eigenvalue weighted by atomic mass is 32.2. The molecule has 0 aliphatic rings. The molecule has 2 aromatic carbocycles. The first-order valence-corrected chi connectivity index (χ1v) is 9.85. The number of primary sulfonamides is 1. The standard InChI is InChI=1S/C14H13FN2O5S2/c1-23(19,20)12-4-2-9(3-5-12)14(18)17-11-6-10(15)7-13(8-11)24(16,21)22/h2-8H,1H3,(H,17,18)(H2,16,21,22). The van der Waals surface area contributed by atoms with Gasteiger partial charge < -0.3 is 5.32 Å². The Bertz CT molecular complexity index is 1000. The van der Waals surface area contributed by atoms with Crippen molar-refractivity contribution >= 4 is 31.5 Å². The second kappa shape index (κ2) is 6.30. The van der Waals surface area contributed by atoms with Crippen LogP contribution in [0.25, 0.3) is 0 Å². The Balaban J connectivity index is 2.29. The lowest BCUT2D eigenvalue weighted by atomic mass is 10.2. The van der Waals surface area contributed by atoms with Gasteiger partial charge in [-0.25, -0.2) is 26.4 Å². The first-order chi connectivity index (χ1) is 11.0. The number of rotatable bonds is 4. The van der Waals surface area contributed by atoms with Gasteiger partial charge in [0.1, 0.15) is 5.82 Å². The number of anilines is 1. The van der Waals surface area contributed by atoms with Crippen LogP contribution in [0.15, 0.2) is 52.3 Å². The first-order valence-electron chi connectivity index (χ1n) is 6.42. The summed E-state index contributed by atoms with van der Waals surface area (Å²) in [5.74, 6) is -1.55. The van der Waals surface area contributed by atoms with E-state index in [1.807, 2.05) is 0 Å². The summed E-state index contributed by atoms with van der Waals surface area (Å²) in [6, 6.07) is 7.75. The Kier molecular flexibility index (Phi) is 4.74. The number of sulfone groups is 1. The highest BCUT2D eigenvalue weighted by Crippen LogP contribution is 2.18. The van der Waals surface area contributed by atoms with Crippen LogP contribution in [0, 0.1) is 5.82 Å². The normalized spacial score (nSPS) is 12.0. The lowest BCUT2D eigenvalue weighted by Crippen LogP contribution is -2.15. The van der Waals surface area contributed by atoms with Crippen LogP contribution < -0.4 is 10.5 Å². The zero-order chi connectivity index (χ0) is 18.1. The van der Waals surface area contributed by atoms with Crippen molar-refractivity contribution in [2.45, 2.75) is 9.79 Å². The zero-order valence-electron chi connectivity index (χ0n) is 12.4. The highest BCUT2D eigenvalue weighted by Gasteiger charge is 2.14. The van der Waals surface area contributed by atoms with Gasteiger partial charge in [-0.05, 0) is 42.5 Å². The molecule has 1 amide bonds. The molecule has 0 aliphatic heterocycles. The Labute approximate surface area is 138 Å². The number of sulfonamides is 1. The predicted octanol–water partition coefficient (Wildman–Crippen LogP) is 1.13. The van der Waals surface area contributed by atoms with Crippen molar-refractivity contribution < 1.29 is 26.0 Å². The number of halogens is 1. The van der Waals surface area contributed by atoms with Gasteiger partial charge in [-0.15, -0.1) is 0 Å². The van der Waals surface area contributed by atoms with Crippen LogP contribution in [0.3, 0.4) is 0 Å². The van der Waals surface area contributed by atoms with Gasteiger partial charge in [-0.3, -0.25) is 4.79 Å². The Morgan fingerprint density at radius 3 is 2.08 bits per heavy atom. The van der Waals surface area contributed by atoms with E-state index in [4.69, 9.17) is 5.14 Å². The molecule has 0 atom stereocenters. The number of hydrogen-bond donors (Lipinski definition) is 2. The van der Waals surface area contributed by atoms with Gasteiger partial charge in [0.15, 0.2) is 9.84 Å². The van der Waals surface area contributed by atoms with E-state index in [1.54, 1.807) is 0 Å². The van der Waals surface area contributed by atoms with Crippen LogP contribution in [0.5, 0.6) is 0 Å². The Morgan fingerprint density at radius 2 is 1.58 bits per heavy atom. The molecule has 3 N–H and O–H groups in total. The predicted molar refractivity (Wildman–Crippen MR) is 85.3 cm³/mol. The molecule has 0 radical (unpaired) electrons. The lowest BCUT2D eigenvalue weighted by Gasteiger charge is -2.08. The summed E-state index contributed by atoms with van der Waals surface area (Å²) in [7, 11) is -7.52. The molecule has 2 aromatic rings. The van der Waals surface area contributed by atoms with Gasteiger partial charge in [-0.1, -0.05) is 0 Å². The van der Waals surface area contributed by atoms with Gasteiger partial charge in [-0.2, -0.15) is 0 Å². The second-order valence-electron chi connectivity index (χ2n) is 4.97. The van der Waals surface area contributed by atoms with Crippen molar-refractivity contribution in [3.8, 4) is 0 Å². The topological polar surface area (TPSA) is 123 Å². The monoisotopic (exact) mass is 372 g/mol. The van der Waals surface area contributed by atoms with Crippen LogP contribution >= 0.6 is 0 Å². The molecule has 24 heavy (non-hydrogen) atoms. The van der Waals surface area contributed by atoms with Crippen LogP contribution in [-0.4, -0.2) is 29.0 Å². The van der Waals surface area contributed by atoms with Crippen LogP contribution in [-0.2, 0) is 19.9 Å². The van der Waals surface area contributed by atoms with E-state index >= 15 is 0 Å². The summed E-state index contributed by atoms with van der Waals surface area (Å²) in [5, 5.41) is 7.25. The molecule has 128 valence electrons. The third-order valence-corrected chi connectivity index (χ3v) is 5.02. The summed E-state index contributed by atoms with van der Waals surface area (Å²) in [5.41, 5.74) is 0.0139. The van der Waals surface area contributed by atoms with E-state index in [0.29, 0.717) is 0 Å². The van der Waals surface area contributed by atoms with E-state index < -0.39 is 36.5 Å². The largest absolute Gasteiger partial charge is 0.322 e. The van der Waals surface area contributed by atoms with Gasteiger partial charge >= 0.3 is 0 Å². The smallest absolute Gasteiger partial charge is 0.255 e. The molecule has 10 heteroatoms. The molecular formula is C14H13FN2O5S2. The minimum Gasteiger partial charge on any atom is -0.322 e. The molecule has 0 unspecified atom stereocenters. The number of carbonyl (C=O) groups is 1. The van der Waals surface area contributed by atoms with Gasteiger partial charge in [0.25, 0.3) is 5.91 Å². The summed E-state index contributed by atoms with van der Waals surface area (Å²) >= 11 is 0. The molecule has 0 heterocycles. The minimum absolute atomic E-state index is 0.0429. The molecule has 0 saturated heterocycles. The summed E-state index contributed by atoms with van der Waals surface area (Å²) < 4.78 is 58.7. The fraction of sp³-hybridized carbons (Fsp3) is 0.0714. The highest BCUT2D eigenvalue weighted by molar-refractivity contribution is 7.90. The van der Waals surface area contributed by atoms with Crippen molar-refractivity contribution in [2.75, 3.05) is 11.6 Å². The van der Waals surface area contributed by atoms with Crippen LogP contribution in [0.2, 0.25) is 0 Å². The van der Waals surface area contributed by atoms with Crippen molar-refractivity contribution in [3.05, 3.63) is 53.8 Å². The average Bonchev–Trinajstić information content (AvgIpc) is 2.45.